The fourth-order valence-corrected chi connectivity index (χ4v) is 3.66. The molecule has 0 saturated heterocycles. The Morgan fingerprint density at radius 2 is 1.94 bits per heavy atom. The number of fused-ring (bicyclic) bond motifs is 1. The van der Waals surface area contributed by atoms with Crippen LogP contribution in [0.4, 0.5) is 0 Å². The number of aliphatic hydroxyl groups is 2. The minimum Gasteiger partial charge on any atom is -0.392 e. The van der Waals surface area contributed by atoms with Crippen LogP contribution >= 0.6 is 0 Å². The van der Waals surface area contributed by atoms with Crippen molar-refractivity contribution in [1.29, 1.82) is 0 Å². The molecular weight excluding hydrogens is 212 g/mol. The van der Waals surface area contributed by atoms with Crippen LogP contribution in [0.5, 0.6) is 0 Å². The van der Waals surface area contributed by atoms with Crippen LogP contribution in [0.3, 0.4) is 0 Å². The van der Waals surface area contributed by atoms with E-state index in [1.54, 1.807) is 0 Å². The van der Waals surface area contributed by atoms with Crippen LogP contribution < -0.4 is 0 Å². The molecule has 0 aromatic heterocycles. The van der Waals surface area contributed by atoms with Gasteiger partial charge < -0.3 is 10.2 Å². The van der Waals surface area contributed by atoms with Gasteiger partial charge in [-0.25, -0.2) is 0 Å². The summed E-state index contributed by atoms with van der Waals surface area (Å²) >= 11 is 0. The Hall–Kier alpha value is -0.340. The van der Waals surface area contributed by atoms with Gasteiger partial charge in [-0.2, -0.15) is 0 Å². The Morgan fingerprint density at radius 1 is 1.29 bits per heavy atom. The van der Waals surface area contributed by atoms with E-state index in [0.717, 1.165) is 32.1 Å². The van der Waals surface area contributed by atoms with Crippen molar-refractivity contribution in [3.05, 3.63) is 11.1 Å². The zero-order valence-electron chi connectivity index (χ0n) is 11.6. The van der Waals surface area contributed by atoms with Crippen LogP contribution in [0, 0.1) is 11.3 Å². The summed E-state index contributed by atoms with van der Waals surface area (Å²) in [4.78, 5) is 0. The summed E-state index contributed by atoms with van der Waals surface area (Å²) in [5.41, 5.74) is 2.25. The van der Waals surface area contributed by atoms with Gasteiger partial charge in [-0.1, -0.05) is 18.1 Å². The zero-order chi connectivity index (χ0) is 12.8. The largest absolute Gasteiger partial charge is 0.392 e. The SMILES string of the molecule is CC1=C2C[C@@H](C(C)(C)O)CC[C@@]2(C)[C@H](O)CC1. The van der Waals surface area contributed by atoms with E-state index >= 15 is 0 Å². The van der Waals surface area contributed by atoms with E-state index < -0.39 is 5.60 Å². The third-order valence-corrected chi connectivity index (χ3v) is 5.19. The van der Waals surface area contributed by atoms with Gasteiger partial charge in [0.15, 0.2) is 0 Å². The molecule has 0 unspecified atom stereocenters. The van der Waals surface area contributed by atoms with Gasteiger partial charge >= 0.3 is 0 Å². The lowest BCUT2D eigenvalue weighted by molar-refractivity contribution is -0.0308. The zero-order valence-corrected chi connectivity index (χ0v) is 11.6. The topological polar surface area (TPSA) is 40.5 Å². The molecule has 2 nitrogen and oxygen atoms in total. The van der Waals surface area contributed by atoms with Gasteiger partial charge in [-0.15, -0.1) is 0 Å². The van der Waals surface area contributed by atoms with Gasteiger partial charge in [0.2, 0.25) is 0 Å². The molecule has 1 saturated carbocycles. The first kappa shape index (κ1) is 13.1. The van der Waals surface area contributed by atoms with Crippen LogP contribution in [0.1, 0.15) is 59.8 Å². The molecule has 17 heavy (non-hydrogen) atoms. The van der Waals surface area contributed by atoms with Crippen molar-refractivity contribution >= 4 is 0 Å². The van der Waals surface area contributed by atoms with E-state index in [0.29, 0.717) is 5.92 Å². The minimum atomic E-state index is -0.600. The highest BCUT2D eigenvalue weighted by Gasteiger charge is 2.46. The summed E-state index contributed by atoms with van der Waals surface area (Å²) in [6.45, 7) is 8.23. The summed E-state index contributed by atoms with van der Waals surface area (Å²) in [6, 6.07) is 0. The van der Waals surface area contributed by atoms with Gasteiger partial charge in [0.1, 0.15) is 0 Å². The second kappa shape index (κ2) is 4.10. The minimum absolute atomic E-state index is 0.0237. The molecule has 0 bridgehead atoms. The molecule has 0 heterocycles. The van der Waals surface area contributed by atoms with Crippen molar-refractivity contribution < 1.29 is 10.2 Å². The van der Waals surface area contributed by atoms with Crippen LogP contribution in [-0.4, -0.2) is 21.9 Å². The first-order valence-corrected chi connectivity index (χ1v) is 6.84. The van der Waals surface area contributed by atoms with Gasteiger partial charge in [-0.3, -0.25) is 0 Å². The maximum Gasteiger partial charge on any atom is 0.0634 e. The van der Waals surface area contributed by atoms with E-state index in [-0.39, 0.29) is 11.5 Å². The summed E-state index contributed by atoms with van der Waals surface area (Å²) in [5, 5.41) is 20.5. The van der Waals surface area contributed by atoms with Crippen molar-refractivity contribution in [2.45, 2.75) is 71.5 Å². The first-order valence-electron chi connectivity index (χ1n) is 6.84. The Morgan fingerprint density at radius 3 is 2.53 bits per heavy atom. The molecular formula is C15H26O2. The second-order valence-corrected chi connectivity index (χ2v) is 6.82. The summed E-state index contributed by atoms with van der Waals surface area (Å²) in [7, 11) is 0. The molecule has 0 aromatic rings. The Bertz CT molecular complexity index is 337. The van der Waals surface area contributed by atoms with E-state index in [2.05, 4.69) is 13.8 Å². The average molecular weight is 238 g/mol. The Kier molecular flexibility index (Phi) is 3.16. The number of hydrogen-bond donors (Lipinski definition) is 2. The predicted molar refractivity (Wildman–Crippen MR) is 69.7 cm³/mol. The van der Waals surface area contributed by atoms with Gasteiger partial charge in [0, 0.05) is 5.41 Å². The third kappa shape index (κ3) is 2.17. The molecule has 98 valence electrons. The molecule has 2 rings (SSSR count). The van der Waals surface area contributed by atoms with Gasteiger partial charge in [0.05, 0.1) is 11.7 Å². The molecule has 0 radical (unpaired) electrons. The molecule has 2 N–H and O–H groups in total. The molecule has 0 amide bonds. The lowest BCUT2D eigenvalue weighted by Crippen LogP contribution is -2.45. The number of rotatable bonds is 1. The van der Waals surface area contributed by atoms with Gasteiger partial charge in [0.25, 0.3) is 0 Å². The van der Waals surface area contributed by atoms with Crippen molar-refractivity contribution in [1.82, 2.24) is 0 Å². The maximum atomic E-state index is 10.3. The number of hydrogen-bond acceptors (Lipinski definition) is 2. The molecule has 0 aromatic carbocycles. The molecule has 3 atom stereocenters. The van der Waals surface area contributed by atoms with E-state index in [1.807, 2.05) is 13.8 Å². The van der Waals surface area contributed by atoms with Crippen molar-refractivity contribution in [2.24, 2.45) is 11.3 Å². The molecule has 2 aliphatic carbocycles. The number of aliphatic hydroxyl groups excluding tert-OH is 1. The molecule has 0 spiro atoms. The normalized spacial score (nSPS) is 39.2. The van der Waals surface area contributed by atoms with Crippen LogP contribution in [-0.2, 0) is 0 Å². The van der Waals surface area contributed by atoms with E-state index in [4.69, 9.17) is 0 Å². The Balaban J connectivity index is 2.29. The fourth-order valence-electron chi connectivity index (χ4n) is 3.66. The maximum absolute atomic E-state index is 10.3. The quantitative estimate of drug-likeness (QED) is 0.689. The van der Waals surface area contributed by atoms with Crippen LogP contribution in [0.2, 0.25) is 0 Å². The van der Waals surface area contributed by atoms with E-state index in [9.17, 15) is 10.2 Å². The van der Waals surface area contributed by atoms with Crippen LogP contribution in [0.25, 0.3) is 0 Å². The van der Waals surface area contributed by atoms with Gasteiger partial charge in [-0.05, 0) is 58.8 Å². The molecule has 2 aliphatic rings. The lowest BCUT2D eigenvalue weighted by Gasteiger charge is -2.49. The van der Waals surface area contributed by atoms with Crippen molar-refractivity contribution in [3.8, 4) is 0 Å². The highest BCUT2D eigenvalue weighted by molar-refractivity contribution is 5.28. The fraction of sp³-hybridized carbons (Fsp3) is 0.867. The standard InChI is InChI=1S/C15H26O2/c1-10-5-6-13(16)15(4)8-7-11(9-12(10)15)14(2,3)17/h11,13,16-17H,5-9H2,1-4H3/t11-,13+,15+/m0/s1. The van der Waals surface area contributed by atoms with Crippen LogP contribution in [0.15, 0.2) is 11.1 Å². The summed E-state index contributed by atoms with van der Waals surface area (Å²) in [6.07, 6.45) is 4.72. The highest BCUT2D eigenvalue weighted by Crippen LogP contribution is 2.52. The highest BCUT2D eigenvalue weighted by atomic mass is 16.3. The smallest absolute Gasteiger partial charge is 0.0634 e. The lowest BCUT2D eigenvalue weighted by atomic mass is 9.58. The Labute approximate surface area is 105 Å². The second-order valence-electron chi connectivity index (χ2n) is 6.82. The van der Waals surface area contributed by atoms with Crippen molar-refractivity contribution in [2.75, 3.05) is 0 Å². The summed E-state index contributed by atoms with van der Waals surface area (Å²) in [5.74, 6) is 0.339. The molecule has 2 heteroatoms. The molecule has 1 fully saturated rings. The van der Waals surface area contributed by atoms with E-state index in [1.165, 1.54) is 11.1 Å². The average Bonchev–Trinajstić information content (AvgIpc) is 2.22. The third-order valence-electron chi connectivity index (χ3n) is 5.19. The predicted octanol–water partition coefficient (Wildman–Crippen LogP) is 3.03. The summed E-state index contributed by atoms with van der Waals surface area (Å²) < 4.78 is 0. The van der Waals surface area contributed by atoms with Crippen molar-refractivity contribution in [3.63, 3.8) is 0 Å². The number of allylic oxidation sites excluding steroid dienone is 1. The first-order chi connectivity index (χ1) is 7.75. The monoisotopic (exact) mass is 238 g/mol. The molecule has 0 aliphatic heterocycles.